The lowest BCUT2D eigenvalue weighted by atomic mass is 10.1. The van der Waals surface area contributed by atoms with Gasteiger partial charge in [0.1, 0.15) is 0 Å². The minimum absolute atomic E-state index is 0.655. The Kier molecular flexibility index (Phi) is 5.72. The van der Waals surface area contributed by atoms with Crippen molar-refractivity contribution in [2.75, 3.05) is 13.2 Å². The van der Waals surface area contributed by atoms with Crippen LogP contribution in [0.2, 0.25) is 0 Å². The molecule has 112 valence electrons. The minimum atomic E-state index is 0.655. The Morgan fingerprint density at radius 2 is 2.05 bits per heavy atom. The second kappa shape index (κ2) is 7.53. The highest BCUT2D eigenvalue weighted by molar-refractivity contribution is 5.46. The van der Waals surface area contributed by atoms with E-state index in [0.29, 0.717) is 18.6 Å². The molecule has 2 rings (SSSR count). The van der Waals surface area contributed by atoms with E-state index in [1.165, 1.54) is 18.4 Å². The van der Waals surface area contributed by atoms with Crippen molar-refractivity contribution in [1.82, 2.24) is 5.32 Å². The fourth-order valence-corrected chi connectivity index (χ4v) is 2.07. The maximum Gasteiger partial charge on any atom is 0.165 e. The largest absolute Gasteiger partial charge is 0.490 e. The number of hydrogen-bond donors (Lipinski definition) is 1. The van der Waals surface area contributed by atoms with Gasteiger partial charge in [0.2, 0.25) is 0 Å². The lowest BCUT2D eigenvalue weighted by Gasteiger charge is -2.17. The fourth-order valence-electron chi connectivity index (χ4n) is 2.07. The van der Waals surface area contributed by atoms with Gasteiger partial charge in [0.15, 0.2) is 11.5 Å². The van der Waals surface area contributed by atoms with Gasteiger partial charge < -0.3 is 14.8 Å². The molecule has 0 bridgehead atoms. The van der Waals surface area contributed by atoms with Gasteiger partial charge in [-0.05, 0) is 38.2 Å². The molecule has 1 aliphatic rings. The van der Waals surface area contributed by atoms with Crippen molar-refractivity contribution in [2.45, 2.75) is 52.6 Å². The Hall–Kier alpha value is -1.22. The summed E-state index contributed by atoms with van der Waals surface area (Å²) in [4.78, 5) is 0. The molecular weight excluding hydrogens is 250 g/mol. The van der Waals surface area contributed by atoms with Gasteiger partial charge in [-0.2, -0.15) is 0 Å². The van der Waals surface area contributed by atoms with Crippen molar-refractivity contribution in [3.8, 4) is 11.5 Å². The molecule has 1 saturated carbocycles. The first-order chi connectivity index (χ1) is 9.70. The van der Waals surface area contributed by atoms with Crippen LogP contribution in [0.25, 0.3) is 0 Å². The molecule has 0 aliphatic heterocycles. The first kappa shape index (κ1) is 15.2. The number of rotatable bonds is 9. The van der Waals surface area contributed by atoms with Crippen molar-refractivity contribution in [1.29, 1.82) is 0 Å². The number of benzene rings is 1. The molecule has 1 aromatic rings. The highest BCUT2D eigenvalue weighted by Crippen LogP contribution is 2.32. The zero-order valence-electron chi connectivity index (χ0n) is 12.9. The average Bonchev–Trinajstić information content (AvgIpc) is 3.22. The van der Waals surface area contributed by atoms with Gasteiger partial charge in [-0.25, -0.2) is 0 Å². The lowest BCUT2D eigenvalue weighted by molar-refractivity contribution is 0.258. The molecular formula is C17H27NO2. The number of hydrogen-bond acceptors (Lipinski definition) is 3. The summed E-state index contributed by atoms with van der Waals surface area (Å²) in [5.41, 5.74) is 1.20. The van der Waals surface area contributed by atoms with Crippen molar-refractivity contribution < 1.29 is 9.47 Å². The summed E-state index contributed by atoms with van der Waals surface area (Å²) in [6.45, 7) is 8.72. The van der Waals surface area contributed by atoms with Crippen LogP contribution in [0.3, 0.4) is 0 Å². The van der Waals surface area contributed by atoms with Crippen molar-refractivity contribution in [2.24, 2.45) is 5.92 Å². The predicted octanol–water partition coefficient (Wildman–Crippen LogP) is 3.76. The van der Waals surface area contributed by atoms with Gasteiger partial charge in [-0.1, -0.05) is 26.0 Å². The summed E-state index contributed by atoms with van der Waals surface area (Å²) in [5.74, 6) is 2.44. The number of para-hydroxylation sites is 1. The zero-order chi connectivity index (χ0) is 14.4. The number of nitrogens with one attached hydrogen (secondary N) is 1. The standard InChI is InChI=1S/C17H27NO2/c1-4-19-16-7-5-6-14(12-18-15-8-9-15)17(16)20-11-10-13(2)3/h5-7,13,15,18H,4,8-12H2,1-3H3. The molecule has 3 nitrogen and oxygen atoms in total. The van der Waals surface area contributed by atoms with Crippen LogP contribution in [-0.2, 0) is 6.54 Å². The summed E-state index contributed by atoms with van der Waals surface area (Å²) >= 11 is 0. The smallest absolute Gasteiger partial charge is 0.165 e. The minimum Gasteiger partial charge on any atom is -0.490 e. The molecule has 0 radical (unpaired) electrons. The Morgan fingerprint density at radius 1 is 1.25 bits per heavy atom. The Labute approximate surface area is 122 Å². The van der Waals surface area contributed by atoms with E-state index >= 15 is 0 Å². The normalized spacial score (nSPS) is 14.6. The molecule has 1 aromatic carbocycles. The molecule has 0 heterocycles. The molecule has 0 amide bonds. The molecule has 0 unspecified atom stereocenters. The van der Waals surface area contributed by atoms with E-state index in [1.807, 2.05) is 19.1 Å². The van der Waals surface area contributed by atoms with Crippen LogP contribution in [0.4, 0.5) is 0 Å². The Morgan fingerprint density at radius 3 is 2.70 bits per heavy atom. The molecule has 1 N–H and O–H groups in total. The quantitative estimate of drug-likeness (QED) is 0.745. The van der Waals surface area contributed by atoms with Crippen LogP contribution >= 0.6 is 0 Å². The zero-order valence-corrected chi connectivity index (χ0v) is 12.9. The topological polar surface area (TPSA) is 30.5 Å². The number of ether oxygens (including phenoxy) is 2. The third-order valence-electron chi connectivity index (χ3n) is 3.46. The summed E-state index contributed by atoms with van der Waals surface area (Å²) < 4.78 is 11.7. The summed E-state index contributed by atoms with van der Waals surface area (Å²) in [5, 5.41) is 3.55. The Bertz CT molecular complexity index is 413. The molecule has 0 saturated heterocycles. The monoisotopic (exact) mass is 277 g/mol. The average molecular weight is 277 g/mol. The molecule has 3 heteroatoms. The molecule has 0 spiro atoms. The van der Waals surface area contributed by atoms with Crippen LogP contribution in [0.15, 0.2) is 18.2 Å². The van der Waals surface area contributed by atoms with Gasteiger partial charge in [0.05, 0.1) is 13.2 Å². The molecule has 20 heavy (non-hydrogen) atoms. The first-order valence-electron chi connectivity index (χ1n) is 7.81. The summed E-state index contributed by atoms with van der Waals surface area (Å²) in [6, 6.07) is 6.87. The molecule has 1 fully saturated rings. The van der Waals surface area contributed by atoms with E-state index in [0.717, 1.165) is 31.1 Å². The second-order valence-corrected chi connectivity index (χ2v) is 5.86. The highest BCUT2D eigenvalue weighted by atomic mass is 16.5. The van der Waals surface area contributed by atoms with Crippen LogP contribution in [0, 0.1) is 5.92 Å². The van der Waals surface area contributed by atoms with E-state index < -0.39 is 0 Å². The van der Waals surface area contributed by atoms with Crippen LogP contribution < -0.4 is 14.8 Å². The van der Waals surface area contributed by atoms with E-state index in [2.05, 4.69) is 25.2 Å². The van der Waals surface area contributed by atoms with Crippen LogP contribution in [0.1, 0.15) is 45.6 Å². The molecule has 0 aromatic heterocycles. The van der Waals surface area contributed by atoms with Gasteiger partial charge in [0, 0.05) is 18.2 Å². The van der Waals surface area contributed by atoms with E-state index in [-0.39, 0.29) is 0 Å². The Balaban J connectivity index is 2.04. The third-order valence-corrected chi connectivity index (χ3v) is 3.46. The molecule has 1 aliphatic carbocycles. The van der Waals surface area contributed by atoms with Crippen molar-refractivity contribution in [3.05, 3.63) is 23.8 Å². The van der Waals surface area contributed by atoms with Gasteiger partial charge in [-0.3, -0.25) is 0 Å². The fraction of sp³-hybridized carbons (Fsp3) is 0.647. The first-order valence-corrected chi connectivity index (χ1v) is 7.81. The molecule has 0 atom stereocenters. The maximum absolute atomic E-state index is 6.02. The van der Waals surface area contributed by atoms with E-state index in [4.69, 9.17) is 9.47 Å². The van der Waals surface area contributed by atoms with Crippen LogP contribution in [-0.4, -0.2) is 19.3 Å². The van der Waals surface area contributed by atoms with Crippen molar-refractivity contribution >= 4 is 0 Å². The lowest BCUT2D eigenvalue weighted by Crippen LogP contribution is -2.16. The van der Waals surface area contributed by atoms with Gasteiger partial charge in [-0.15, -0.1) is 0 Å². The second-order valence-electron chi connectivity index (χ2n) is 5.86. The van der Waals surface area contributed by atoms with E-state index in [1.54, 1.807) is 0 Å². The maximum atomic E-state index is 6.02. The van der Waals surface area contributed by atoms with Gasteiger partial charge >= 0.3 is 0 Å². The summed E-state index contributed by atoms with van der Waals surface area (Å²) in [6.07, 6.45) is 3.67. The highest BCUT2D eigenvalue weighted by Gasteiger charge is 2.21. The van der Waals surface area contributed by atoms with Crippen LogP contribution in [0.5, 0.6) is 11.5 Å². The van der Waals surface area contributed by atoms with Crippen molar-refractivity contribution in [3.63, 3.8) is 0 Å². The van der Waals surface area contributed by atoms with Gasteiger partial charge in [0.25, 0.3) is 0 Å². The van der Waals surface area contributed by atoms with E-state index in [9.17, 15) is 0 Å². The summed E-state index contributed by atoms with van der Waals surface area (Å²) in [7, 11) is 0. The third kappa shape index (κ3) is 4.71. The predicted molar refractivity (Wildman–Crippen MR) is 82.4 cm³/mol. The SMILES string of the molecule is CCOc1cccc(CNC2CC2)c1OCCC(C)C.